The molecule has 2 amide bonds. The smallest absolute Gasteiger partial charge is 0.234 e. The van der Waals surface area contributed by atoms with Crippen LogP contribution in [0.1, 0.15) is 61.1 Å². The van der Waals surface area contributed by atoms with Crippen molar-refractivity contribution in [3.8, 4) is 0 Å². The van der Waals surface area contributed by atoms with Crippen LogP contribution in [0.2, 0.25) is 0 Å². The summed E-state index contributed by atoms with van der Waals surface area (Å²) in [5.41, 5.74) is 3.20. The summed E-state index contributed by atoms with van der Waals surface area (Å²) in [5.74, 6) is 0.727. The van der Waals surface area contributed by atoms with Gasteiger partial charge in [0, 0.05) is 38.4 Å². The molecule has 0 atom stereocenters. The van der Waals surface area contributed by atoms with Gasteiger partial charge >= 0.3 is 0 Å². The van der Waals surface area contributed by atoms with Crippen molar-refractivity contribution in [3.63, 3.8) is 0 Å². The quantitative estimate of drug-likeness (QED) is 0.373. The number of nitrogens with zero attached hydrogens (tertiary/aromatic N) is 2. The molecular weight excluding hydrogens is 446 g/mol. The Morgan fingerprint density at radius 1 is 0.889 bits per heavy atom. The molecule has 2 heterocycles. The third-order valence-corrected chi connectivity index (χ3v) is 7.16. The second-order valence-electron chi connectivity index (χ2n) is 9.73. The van der Waals surface area contributed by atoms with E-state index >= 15 is 0 Å². The lowest BCUT2D eigenvalue weighted by molar-refractivity contribution is -0.133. The second kappa shape index (κ2) is 13.6. The van der Waals surface area contributed by atoms with E-state index in [-0.39, 0.29) is 17.7 Å². The Balaban J connectivity index is 1.16. The lowest BCUT2D eigenvalue weighted by Crippen LogP contribution is -2.41. The number of aromatic nitrogens is 1. The van der Waals surface area contributed by atoms with Crippen molar-refractivity contribution in [3.05, 3.63) is 102 Å². The van der Waals surface area contributed by atoms with Crippen LogP contribution in [0.3, 0.4) is 0 Å². The molecule has 5 heteroatoms. The summed E-state index contributed by atoms with van der Waals surface area (Å²) in [6.45, 7) is 2.38. The number of carbonyl (C=O) groups excluding carboxylic acids is 2. The maximum absolute atomic E-state index is 13.6. The number of hydrogen-bond acceptors (Lipinski definition) is 3. The van der Waals surface area contributed by atoms with Gasteiger partial charge in [0.15, 0.2) is 0 Å². The minimum Gasteiger partial charge on any atom is -0.356 e. The normalized spacial score (nSPS) is 14.1. The van der Waals surface area contributed by atoms with Gasteiger partial charge in [-0.1, -0.05) is 79.6 Å². The fourth-order valence-corrected chi connectivity index (χ4v) is 5.07. The van der Waals surface area contributed by atoms with E-state index in [0.29, 0.717) is 12.3 Å². The van der Waals surface area contributed by atoms with E-state index in [1.165, 1.54) is 0 Å². The van der Waals surface area contributed by atoms with Gasteiger partial charge in [0.25, 0.3) is 0 Å². The van der Waals surface area contributed by atoms with Crippen LogP contribution in [-0.4, -0.2) is 41.3 Å². The lowest BCUT2D eigenvalue weighted by Gasteiger charge is -2.34. The van der Waals surface area contributed by atoms with Gasteiger partial charge in [-0.05, 0) is 54.4 Å². The number of amides is 2. The Hall–Kier alpha value is -3.47. The molecule has 2 aromatic carbocycles. The zero-order valence-corrected chi connectivity index (χ0v) is 21.0. The van der Waals surface area contributed by atoms with E-state index in [0.717, 1.165) is 74.8 Å². The van der Waals surface area contributed by atoms with Crippen LogP contribution in [0, 0.1) is 5.92 Å². The number of piperidine rings is 1. The SMILES string of the molecule is O=C(CCc1cccnc1)NCCCCC1CCN(C(=O)C(c2ccccc2)c2ccccc2)CC1. The number of hydrogen-bond donors (Lipinski definition) is 1. The Morgan fingerprint density at radius 2 is 1.56 bits per heavy atom. The predicted octanol–water partition coefficient (Wildman–Crippen LogP) is 5.37. The summed E-state index contributed by atoms with van der Waals surface area (Å²) in [6, 6.07) is 24.1. The third-order valence-electron chi connectivity index (χ3n) is 7.16. The molecule has 3 aromatic rings. The molecule has 5 nitrogen and oxygen atoms in total. The van der Waals surface area contributed by atoms with Crippen molar-refractivity contribution in [2.75, 3.05) is 19.6 Å². The van der Waals surface area contributed by atoms with Crippen molar-refractivity contribution >= 4 is 11.8 Å². The van der Waals surface area contributed by atoms with Crippen LogP contribution in [0.4, 0.5) is 0 Å². The highest BCUT2D eigenvalue weighted by atomic mass is 16.2. The zero-order chi connectivity index (χ0) is 25.0. The number of pyridine rings is 1. The van der Waals surface area contributed by atoms with Gasteiger partial charge in [-0.25, -0.2) is 0 Å². The first-order chi connectivity index (χ1) is 17.7. The van der Waals surface area contributed by atoms with E-state index in [9.17, 15) is 9.59 Å². The summed E-state index contributed by atoms with van der Waals surface area (Å²) >= 11 is 0. The molecule has 0 bridgehead atoms. The maximum Gasteiger partial charge on any atom is 0.234 e. The lowest BCUT2D eigenvalue weighted by atomic mass is 9.87. The average molecular weight is 484 g/mol. The van der Waals surface area contributed by atoms with Gasteiger partial charge in [0.05, 0.1) is 5.92 Å². The molecule has 1 saturated heterocycles. The fraction of sp³-hybridized carbons (Fsp3) is 0.387. The number of carbonyl (C=O) groups is 2. The Labute approximate surface area is 215 Å². The highest BCUT2D eigenvalue weighted by Crippen LogP contribution is 2.30. The fourth-order valence-electron chi connectivity index (χ4n) is 5.07. The van der Waals surface area contributed by atoms with Crippen molar-refractivity contribution < 1.29 is 9.59 Å². The molecule has 1 N–H and O–H groups in total. The molecular formula is C31H37N3O2. The summed E-state index contributed by atoms with van der Waals surface area (Å²) in [7, 11) is 0. The predicted molar refractivity (Wildman–Crippen MR) is 143 cm³/mol. The van der Waals surface area contributed by atoms with Crippen LogP contribution in [0.15, 0.2) is 85.2 Å². The number of aryl methyl sites for hydroxylation is 1. The van der Waals surface area contributed by atoms with Gasteiger partial charge in [-0.15, -0.1) is 0 Å². The highest BCUT2D eigenvalue weighted by molar-refractivity contribution is 5.87. The molecule has 1 aromatic heterocycles. The molecule has 1 fully saturated rings. The number of rotatable bonds is 11. The molecule has 1 aliphatic rings. The molecule has 0 unspecified atom stereocenters. The van der Waals surface area contributed by atoms with E-state index in [4.69, 9.17) is 0 Å². The molecule has 36 heavy (non-hydrogen) atoms. The molecule has 0 saturated carbocycles. The second-order valence-corrected chi connectivity index (χ2v) is 9.73. The molecule has 0 aliphatic carbocycles. The van der Waals surface area contributed by atoms with Crippen molar-refractivity contribution in [1.82, 2.24) is 15.2 Å². The standard InChI is InChI=1S/C31H37N3O2/c35-29(17-16-26-11-9-20-32-24-26)33-21-8-7-10-25-18-22-34(23-19-25)31(36)30(27-12-3-1-4-13-27)28-14-5-2-6-15-28/h1-6,9,11-15,20,24-25,30H,7-8,10,16-19,21-23H2,(H,33,35). The van der Waals surface area contributed by atoms with E-state index < -0.39 is 0 Å². The Morgan fingerprint density at radius 3 is 2.17 bits per heavy atom. The van der Waals surface area contributed by atoms with Crippen molar-refractivity contribution in [1.29, 1.82) is 0 Å². The molecule has 4 rings (SSSR count). The molecule has 0 radical (unpaired) electrons. The van der Waals surface area contributed by atoms with E-state index in [1.807, 2.05) is 54.7 Å². The molecule has 0 spiro atoms. The van der Waals surface area contributed by atoms with Crippen LogP contribution in [0.25, 0.3) is 0 Å². The minimum absolute atomic E-state index is 0.108. The largest absolute Gasteiger partial charge is 0.356 e. The summed E-state index contributed by atoms with van der Waals surface area (Å²) in [4.78, 5) is 31.8. The van der Waals surface area contributed by atoms with Gasteiger partial charge < -0.3 is 10.2 Å². The van der Waals surface area contributed by atoms with Crippen molar-refractivity contribution in [2.45, 2.75) is 50.9 Å². The number of unbranched alkanes of at least 4 members (excludes halogenated alkanes) is 1. The van der Waals surface area contributed by atoms with Crippen LogP contribution >= 0.6 is 0 Å². The van der Waals surface area contributed by atoms with E-state index in [2.05, 4.69) is 39.5 Å². The molecule has 1 aliphatic heterocycles. The van der Waals surface area contributed by atoms with Crippen molar-refractivity contribution in [2.24, 2.45) is 5.92 Å². The van der Waals surface area contributed by atoms with Gasteiger partial charge in [-0.2, -0.15) is 0 Å². The third kappa shape index (κ3) is 7.51. The zero-order valence-electron chi connectivity index (χ0n) is 21.0. The van der Waals surface area contributed by atoms with Crippen LogP contribution in [-0.2, 0) is 16.0 Å². The van der Waals surface area contributed by atoms with Gasteiger partial charge in [0.1, 0.15) is 0 Å². The number of benzene rings is 2. The summed E-state index contributed by atoms with van der Waals surface area (Å²) < 4.78 is 0. The first-order valence-electron chi connectivity index (χ1n) is 13.2. The number of likely N-dealkylation sites (tertiary alicyclic amines) is 1. The summed E-state index contributed by atoms with van der Waals surface area (Å²) in [5, 5.41) is 3.04. The van der Waals surface area contributed by atoms with E-state index in [1.54, 1.807) is 6.20 Å². The van der Waals surface area contributed by atoms with Crippen LogP contribution < -0.4 is 5.32 Å². The van der Waals surface area contributed by atoms with Gasteiger partial charge in [0.2, 0.25) is 11.8 Å². The van der Waals surface area contributed by atoms with Crippen LogP contribution in [0.5, 0.6) is 0 Å². The maximum atomic E-state index is 13.6. The highest BCUT2D eigenvalue weighted by Gasteiger charge is 2.30. The first kappa shape index (κ1) is 25.6. The number of nitrogens with one attached hydrogen (secondary N) is 1. The Kier molecular flexibility index (Phi) is 9.66. The van der Waals surface area contributed by atoms with Gasteiger partial charge in [-0.3, -0.25) is 14.6 Å². The first-order valence-corrected chi connectivity index (χ1v) is 13.2. The topological polar surface area (TPSA) is 62.3 Å². The summed E-state index contributed by atoms with van der Waals surface area (Å²) in [6.07, 6.45) is 10.2. The monoisotopic (exact) mass is 483 g/mol. The Bertz CT molecular complexity index is 1030. The average Bonchev–Trinajstić information content (AvgIpc) is 2.94. The minimum atomic E-state index is -0.245. The molecule has 188 valence electrons.